The number of thiophene rings is 1. The smallest absolute Gasteiger partial charge is 0.265 e. The van der Waals surface area contributed by atoms with Gasteiger partial charge in [0.15, 0.2) is 0 Å². The van der Waals surface area contributed by atoms with Gasteiger partial charge in [-0.25, -0.2) is 0 Å². The average molecular weight is 361 g/mol. The quantitative estimate of drug-likeness (QED) is 0.901. The molecule has 2 amide bonds. The molecule has 4 rings (SSSR count). The molecule has 2 heterocycles. The zero-order valence-electron chi connectivity index (χ0n) is 13.0. The zero-order valence-corrected chi connectivity index (χ0v) is 14.6. The lowest BCUT2D eigenvalue weighted by atomic mass is 9.98. The Bertz CT molecular complexity index is 813. The highest BCUT2D eigenvalue weighted by Gasteiger charge is 2.34. The first-order chi connectivity index (χ1) is 11.6. The molecule has 2 aliphatic rings. The van der Waals surface area contributed by atoms with E-state index in [-0.39, 0.29) is 17.7 Å². The molecule has 124 valence electrons. The van der Waals surface area contributed by atoms with Crippen LogP contribution in [0.5, 0.6) is 0 Å². The van der Waals surface area contributed by atoms with Crippen LogP contribution in [0.4, 0.5) is 5.69 Å². The Morgan fingerprint density at radius 1 is 1.17 bits per heavy atom. The molecule has 1 aliphatic heterocycles. The lowest BCUT2D eigenvalue weighted by Crippen LogP contribution is -2.36. The van der Waals surface area contributed by atoms with E-state index >= 15 is 0 Å². The van der Waals surface area contributed by atoms with E-state index < -0.39 is 0 Å². The van der Waals surface area contributed by atoms with Gasteiger partial charge in [-0.05, 0) is 54.7 Å². The molecule has 0 saturated heterocycles. The molecule has 0 radical (unpaired) electrons. The predicted molar refractivity (Wildman–Crippen MR) is 95.6 cm³/mol. The van der Waals surface area contributed by atoms with Gasteiger partial charge in [0.2, 0.25) is 5.91 Å². The lowest BCUT2D eigenvalue weighted by molar-refractivity contribution is -0.133. The molecule has 1 fully saturated rings. The fourth-order valence-corrected chi connectivity index (χ4v) is 3.98. The summed E-state index contributed by atoms with van der Waals surface area (Å²) >= 11 is 7.14. The van der Waals surface area contributed by atoms with Gasteiger partial charge < -0.3 is 10.2 Å². The summed E-state index contributed by atoms with van der Waals surface area (Å²) in [6.07, 6.45) is 2.94. The van der Waals surface area contributed by atoms with Crippen molar-refractivity contribution in [1.29, 1.82) is 0 Å². The predicted octanol–water partition coefficient (Wildman–Crippen LogP) is 3.95. The third-order valence-corrected chi connectivity index (χ3v) is 5.74. The van der Waals surface area contributed by atoms with Crippen LogP contribution in [0.15, 0.2) is 30.3 Å². The largest absolute Gasteiger partial charge is 0.338 e. The van der Waals surface area contributed by atoms with E-state index in [1.807, 2.05) is 23.1 Å². The van der Waals surface area contributed by atoms with Gasteiger partial charge in [0, 0.05) is 24.7 Å². The molecule has 1 aliphatic carbocycles. The summed E-state index contributed by atoms with van der Waals surface area (Å²) in [7, 11) is 0. The van der Waals surface area contributed by atoms with Crippen LogP contribution in [0.1, 0.15) is 33.6 Å². The number of nitrogens with one attached hydrogen (secondary N) is 1. The number of carbonyl (C=O) groups is 2. The molecule has 6 heteroatoms. The molecule has 1 aromatic carbocycles. The van der Waals surface area contributed by atoms with Gasteiger partial charge in [-0.1, -0.05) is 17.7 Å². The Labute approximate surface area is 149 Å². The second kappa shape index (κ2) is 6.22. The molecular weight excluding hydrogens is 344 g/mol. The number of benzene rings is 1. The topological polar surface area (TPSA) is 49.4 Å². The maximum atomic E-state index is 12.3. The van der Waals surface area contributed by atoms with E-state index in [2.05, 4.69) is 5.32 Å². The molecule has 0 unspecified atom stereocenters. The summed E-state index contributed by atoms with van der Waals surface area (Å²) in [5.74, 6) is 0.370. The van der Waals surface area contributed by atoms with Crippen molar-refractivity contribution in [2.45, 2.75) is 25.8 Å². The van der Waals surface area contributed by atoms with Crippen molar-refractivity contribution < 1.29 is 9.59 Å². The van der Waals surface area contributed by atoms with Gasteiger partial charge in [0.1, 0.15) is 0 Å². The van der Waals surface area contributed by atoms with Crippen molar-refractivity contribution in [2.75, 3.05) is 11.9 Å². The van der Waals surface area contributed by atoms with Crippen LogP contribution in [-0.4, -0.2) is 23.3 Å². The molecule has 2 aromatic rings. The van der Waals surface area contributed by atoms with Crippen molar-refractivity contribution in [3.63, 3.8) is 0 Å². The minimum Gasteiger partial charge on any atom is -0.338 e. The lowest BCUT2D eigenvalue weighted by Gasteiger charge is -2.29. The van der Waals surface area contributed by atoms with Gasteiger partial charge >= 0.3 is 0 Å². The van der Waals surface area contributed by atoms with Gasteiger partial charge in [-0.15, -0.1) is 11.3 Å². The van der Waals surface area contributed by atoms with E-state index in [1.54, 1.807) is 12.1 Å². The summed E-state index contributed by atoms with van der Waals surface area (Å²) in [6, 6.07) is 9.39. The summed E-state index contributed by atoms with van der Waals surface area (Å²) < 4.78 is 0.597. The van der Waals surface area contributed by atoms with Gasteiger partial charge in [0.05, 0.1) is 9.21 Å². The molecule has 0 spiro atoms. The number of nitrogens with zero attached hydrogens (tertiary/aromatic N) is 1. The van der Waals surface area contributed by atoms with Crippen LogP contribution >= 0.6 is 22.9 Å². The first kappa shape index (κ1) is 15.7. The second-order valence-electron chi connectivity index (χ2n) is 6.33. The van der Waals surface area contributed by atoms with Gasteiger partial charge in [0.25, 0.3) is 5.91 Å². The third kappa shape index (κ3) is 3.19. The molecule has 1 saturated carbocycles. The summed E-state index contributed by atoms with van der Waals surface area (Å²) in [5, 5.41) is 2.91. The Kier molecular flexibility index (Phi) is 4.06. The normalized spacial score (nSPS) is 16.6. The fourth-order valence-electron chi connectivity index (χ4n) is 3.04. The molecule has 24 heavy (non-hydrogen) atoms. The second-order valence-corrected chi connectivity index (χ2v) is 8.04. The third-order valence-electron chi connectivity index (χ3n) is 4.51. The number of rotatable bonds is 3. The molecule has 1 aromatic heterocycles. The number of hydrogen-bond acceptors (Lipinski definition) is 3. The van der Waals surface area contributed by atoms with Crippen LogP contribution in [-0.2, 0) is 17.8 Å². The van der Waals surface area contributed by atoms with Crippen LogP contribution in [0.25, 0.3) is 0 Å². The molecule has 0 bridgehead atoms. The van der Waals surface area contributed by atoms with Crippen LogP contribution in [0.3, 0.4) is 0 Å². The monoisotopic (exact) mass is 360 g/mol. The standard InChI is InChI=1S/C18H17ClN2O2S/c19-16-6-5-15(24-16)17(22)20-14-4-3-11-7-8-21(10-13(11)9-14)18(23)12-1-2-12/h3-6,9,12H,1-2,7-8,10H2,(H,20,22). The summed E-state index contributed by atoms with van der Waals surface area (Å²) in [4.78, 5) is 27.0. The van der Waals surface area contributed by atoms with Crippen LogP contribution < -0.4 is 5.32 Å². The number of amides is 2. The van der Waals surface area contributed by atoms with Crippen molar-refractivity contribution in [1.82, 2.24) is 4.90 Å². The number of carbonyl (C=O) groups excluding carboxylic acids is 2. The summed E-state index contributed by atoms with van der Waals surface area (Å²) in [6.45, 7) is 1.43. The van der Waals surface area contributed by atoms with Crippen molar-refractivity contribution in [2.24, 2.45) is 5.92 Å². The Hall–Kier alpha value is -1.85. The van der Waals surface area contributed by atoms with Crippen molar-refractivity contribution in [3.05, 3.63) is 50.7 Å². The van der Waals surface area contributed by atoms with Gasteiger partial charge in [-0.2, -0.15) is 0 Å². The molecule has 4 nitrogen and oxygen atoms in total. The van der Waals surface area contributed by atoms with E-state index in [1.165, 1.54) is 16.9 Å². The van der Waals surface area contributed by atoms with E-state index in [0.717, 1.165) is 37.1 Å². The Morgan fingerprint density at radius 3 is 2.71 bits per heavy atom. The van der Waals surface area contributed by atoms with E-state index in [0.29, 0.717) is 15.8 Å². The maximum absolute atomic E-state index is 12.3. The van der Waals surface area contributed by atoms with Crippen molar-refractivity contribution >= 4 is 40.4 Å². The Morgan fingerprint density at radius 2 is 2.00 bits per heavy atom. The SMILES string of the molecule is O=C(Nc1ccc2c(c1)CN(C(=O)C1CC1)CC2)c1ccc(Cl)s1. The van der Waals surface area contributed by atoms with E-state index in [9.17, 15) is 9.59 Å². The van der Waals surface area contributed by atoms with Crippen LogP contribution in [0.2, 0.25) is 4.34 Å². The summed E-state index contributed by atoms with van der Waals surface area (Å²) in [5.41, 5.74) is 3.13. The van der Waals surface area contributed by atoms with Gasteiger partial charge in [-0.3, -0.25) is 9.59 Å². The number of fused-ring (bicyclic) bond motifs is 1. The van der Waals surface area contributed by atoms with Crippen LogP contribution in [0, 0.1) is 5.92 Å². The highest BCUT2D eigenvalue weighted by Crippen LogP contribution is 2.33. The number of hydrogen-bond donors (Lipinski definition) is 1. The number of halogens is 1. The number of anilines is 1. The maximum Gasteiger partial charge on any atom is 0.265 e. The zero-order chi connectivity index (χ0) is 16.7. The van der Waals surface area contributed by atoms with Crippen molar-refractivity contribution in [3.8, 4) is 0 Å². The highest BCUT2D eigenvalue weighted by atomic mass is 35.5. The minimum atomic E-state index is -0.159. The molecule has 0 atom stereocenters. The first-order valence-electron chi connectivity index (χ1n) is 8.07. The molecular formula is C18H17ClN2O2S. The fraction of sp³-hybridized carbons (Fsp3) is 0.333. The molecule has 1 N–H and O–H groups in total. The van der Waals surface area contributed by atoms with E-state index in [4.69, 9.17) is 11.6 Å². The highest BCUT2D eigenvalue weighted by molar-refractivity contribution is 7.18. The first-order valence-corrected chi connectivity index (χ1v) is 9.27. The average Bonchev–Trinajstić information content (AvgIpc) is 3.34. The Balaban J connectivity index is 1.49. The minimum absolute atomic E-state index is 0.159.